The van der Waals surface area contributed by atoms with Crippen molar-refractivity contribution in [3.05, 3.63) is 48.5 Å². The number of hydrogen-bond donors (Lipinski definition) is 2. The second kappa shape index (κ2) is 7.19. The van der Waals surface area contributed by atoms with Gasteiger partial charge in [0.25, 0.3) is 0 Å². The van der Waals surface area contributed by atoms with Crippen molar-refractivity contribution in [3.8, 4) is 17.0 Å². The fourth-order valence-electron chi connectivity index (χ4n) is 3.56. The minimum atomic E-state index is 0.729. The molecule has 0 spiro atoms. The van der Waals surface area contributed by atoms with Crippen molar-refractivity contribution >= 4 is 16.6 Å². The van der Waals surface area contributed by atoms with Gasteiger partial charge < -0.3 is 19.9 Å². The van der Waals surface area contributed by atoms with Gasteiger partial charge in [0.05, 0.1) is 12.1 Å². The van der Waals surface area contributed by atoms with E-state index in [1.807, 2.05) is 0 Å². The summed E-state index contributed by atoms with van der Waals surface area (Å²) in [6.45, 7) is 6.88. The van der Waals surface area contributed by atoms with E-state index in [0.29, 0.717) is 0 Å². The predicted octanol–water partition coefficient (Wildman–Crippen LogP) is 4.03. The Balaban J connectivity index is 1.90. The van der Waals surface area contributed by atoms with Gasteiger partial charge in [-0.25, -0.2) is 0 Å². The van der Waals surface area contributed by atoms with Crippen LogP contribution in [0.4, 0.5) is 5.69 Å². The van der Waals surface area contributed by atoms with Crippen LogP contribution >= 0.6 is 0 Å². The number of hydrogen-bond acceptors (Lipinski definition) is 3. The Morgan fingerprint density at radius 2 is 1.80 bits per heavy atom. The Hall–Kier alpha value is -2.46. The number of aromatic nitrogens is 1. The summed E-state index contributed by atoms with van der Waals surface area (Å²) in [6, 6.07) is 17.1. The maximum absolute atomic E-state index is 6.10. The number of anilines is 1. The first-order valence-electron chi connectivity index (χ1n) is 9.17. The molecule has 2 aromatic carbocycles. The normalized spacial score (nSPS) is 14.8. The number of nitrogens with zero attached hydrogens (tertiary/aromatic N) is 1. The van der Waals surface area contributed by atoms with E-state index in [1.54, 1.807) is 0 Å². The lowest BCUT2D eigenvalue weighted by atomic mass is 10.0. The SMILES string of the molecule is CCCOc1[nH]c2cccc(-c3ccccc3)c2c1N1CCNCC1. The summed E-state index contributed by atoms with van der Waals surface area (Å²) in [7, 11) is 0. The molecule has 3 aromatic rings. The number of H-pyrrole nitrogens is 1. The molecule has 0 amide bonds. The van der Waals surface area contributed by atoms with Gasteiger partial charge in [0.2, 0.25) is 5.88 Å². The van der Waals surface area contributed by atoms with Crippen LogP contribution < -0.4 is 15.0 Å². The zero-order valence-corrected chi connectivity index (χ0v) is 14.7. The van der Waals surface area contributed by atoms with Gasteiger partial charge >= 0.3 is 0 Å². The van der Waals surface area contributed by atoms with Crippen molar-refractivity contribution in [1.82, 2.24) is 10.3 Å². The topological polar surface area (TPSA) is 40.3 Å². The number of fused-ring (bicyclic) bond motifs is 1. The van der Waals surface area contributed by atoms with Crippen molar-refractivity contribution in [2.45, 2.75) is 13.3 Å². The molecule has 0 aliphatic carbocycles. The van der Waals surface area contributed by atoms with Crippen molar-refractivity contribution in [1.29, 1.82) is 0 Å². The second-order valence-electron chi connectivity index (χ2n) is 6.48. The number of rotatable bonds is 5. The quantitative estimate of drug-likeness (QED) is 0.739. The lowest BCUT2D eigenvalue weighted by molar-refractivity contribution is 0.307. The van der Waals surface area contributed by atoms with Crippen LogP contribution in [0.25, 0.3) is 22.0 Å². The molecular weight excluding hydrogens is 310 g/mol. The summed E-state index contributed by atoms with van der Waals surface area (Å²) >= 11 is 0. The largest absolute Gasteiger partial charge is 0.477 e. The molecule has 1 aliphatic heterocycles. The number of ether oxygens (including phenoxy) is 1. The van der Waals surface area contributed by atoms with Crippen LogP contribution in [-0.2, 0) is 0 Å². The molecule has 1 saturated heterocycles. The van der Waals surface area contributed by atoms with E-state index in [-0.39, 0.29) is 0 Å². The summed E-state index contributed by atoms with van der Waals surface area (Å²) in [6.07, 6.45) is 1.00. The van der Waals surface area contributed by atoms with E-state index < -0.39 is 0 Å². The summed E-state index contributed by atoms with van der Waals surface area (Å²) in [5, 5.41) is 4.71. The molecule has 0 unspecified atom stereocenters. The Kier molecular flexibility index (Phi) is 4.61. The maximum Gasteiger partial charge on any atom is 0.216 e. The Morgan fingerprint density at radius 3 is 2.56 bits per heavy atom. The van der Waals surface area contributed by atoms with Gasteiger partial charge in [0.15, 0.2) is 0 Å². The molecule has 0 radical (unpaired) electrons. The van der Waals surface area contributed by atoms with Crippen molar-refractivity contribution in [2.75, 3.05) is 37.7 Å². The highest BCUT2D eigenvalue weighted by Gasteiger charge is 2.23. The zero-order chi connectivity index (χ0) is 17.1. The van der Waals surface area contributed by atoms with E-state index in [2.05, 4.69) is 70.7 Å². The average Bonchev–Trinajstić information content (AvgIpc) is 3.06. The van der Waals surface area contributed by atoms with Gasteiger partial charge in [-0.15, -0.1) is 0 Å². The van der Waals surface area contributed by atoms with Crippen LogP contribution in [0.5, 0.6) is 5.88 Å². The van der Waals surface area contributed by atoms with Gasteiger partial charge in [-0.3, -0.25) is 0 Å². The van der Waals surface area contributed by atoms with E-state index >= 15 is 0 Å². The molecule has 0 saturated carbocycles. The molecule has 2 N–H and O–H groups in total. The summed E-state index contributed by atoms with van der Waals surface area (Å²) in [4.78, 5) is 5.97. The van der Waals surface area contributed by atoms with Gasteiger partial charge in [0.1, 0.15) is 5.69 Å². The monoisotopic (exact) mass is 335 g/mol. The van der Waals surface area contributed by atoms with Crippen LogP contribution in [-0.4, -0.2) is 37.8 Å². The lowest BCUT2D eigenvalue weighted by Gasteiger charge is -2.30. The van der Waals surface area contributed by atoms with E-state index in [4.69, 9.17) is 4.74 Å². The molecule has 4 rings (SSSR count). The second-order valence-corrected chi connectivity index (χ2v) is 6.48. The van der Waals surface area contributed by atoms with Crippen molar-refractivity contribution in [3.63, 3.8) is 0 Å². The molecule has 1 aromatic heterocycles. The van der Waals surface area contributed by atoms with Gasteiger partial charge in [-0.05, 0) is 23.6 Å². The highest BCUT2D eigenvalue weighted by atomic mass is 16.5. The number of piperazine rings is 1. The van der Waals surface area contributed by atoms with Crippen LogP contribution in [0, 0.1) is 0 Å². The molecule has 4 heteroatoms. The Bertz CT molecular complexity index is 835. The molecule has 2 heterocycles. The van der Waals surface area contributed by atoms with Crippen molar-refractivity contribution in [2.24, 2.45) is 0 Å². The smallest absolute Gasteiger partial charge is 0.216 e. The molecule has 0 bridgehead atoms. The maximum atomic E-state index is 6.10. The average molecular weight is 335 g/mol. The molecule has 130 valence electrons. The van der Waals surface area contributed by atoms with E-state index in [1.165, 1.54) is 22.2 Å². The minimum Gasteiger partial charge on any atom is -0.477 e. The fraction of sp³-hybridized carbons (Fsp3) is 0.333. The first kappa shape index (κ1) is 16.0. The van der Waals surface area contributed by atoms with Crippen LogP contribution in [0.3, 0.4) is 0 Å². The fourth-order valence-corrected chi connectivity index (χ4v) is 3.56. The number of benzene rings is 2. The highest BCUT2D eigenvalue weighted by molar-refractivity contribution is 6.06. The Labute approximate surface area is 148 Å². The van der Waals surface area contributed by atoms with E-state index in [0.717, 1.165) is 50.6 Å². The number of nitrogens with one attached hydrogen (secondary N) is 2. The summed E-state index contributed by atoms with van der Waals surface area (Å²) < 4.78 is 6.10. The number of aromatic amines is 1. The molecular formula is C21H25N3O. The molecule has 0 atom stereocenters. The predicted molar refractivity (Wildman–Crippen MR) is 105 cm³/mol. The minimum absolute atomic E-state index is 0.729. The molecule has 1 aliphatic rings. The van der Waals surface area contributed by atoms with Gasteiger partial charge in [0, 0.05) is 31.6 Å². The van der Waals surface area contributed by atoms with Gasteiger partial charge in [-0.2, -0.15) is 0 Å². The molecule has 1 fully saturated rings. The molecule has 4 nitrogen and oxygen atoms in total. The first-order valence-corrected chi connectivity index (χ1v) is 9.17. The highest BCUT2D eigenvalue weighted by Crippen LogP contribution is 2.42. The summed E-state index contributed by atoms with van der Waals surface area (Å²) in [5.74, 6) is 0.905. The lowest BCUT2D eigenvalue weighted by Crippen LogP contribution is -2.43. The van der Waals surface area contributed by atoms with Crippen LogP contribution in [0.2, 0.25) is 0 Å². The third-order valence-corrected chi connectivity index (χ3v) is 4.73. The molecule has 25 heavy (non-hydrogen) atoms. The van der Waals surface area contributed by atoms with E-state index in [9.17, 15) is 0 Å². The Morgan fingerprint density at radius 1 is 1.00 bits per heavy atom. The first-order chi connectivity index (χ1) is 12.4. The van der Waals surface area contributed by atoms with Gasteiger partial charge in [-0.1, -0.05) is 49.4 Å². The summed E-state index contributed by atoms with van der Waals surface area (Å²) in [5.41, 5.74) is 4.85. The standard InChI is InChI=1S/C21H25N3O/c1-2-15-25-21-20(24-13-11-22-12-14-24)19-17(9-6-10-18(19)23-21)16-7-4-3-5-8-16/h3-10,22-23H,2,11-15H2,1H3. The zero-order valence-electron chi connectivity index (χ0n) is 14.7. The third kappa shape index (κ3) is 3.10. The third-order valence-electron chi connectivity index (χ3n) is 4.73. The van der Waals surface area contributed by atoms with Crippen LogP contribution in [0.15, 0.2) is 48.5 Å². The van der Waals surface area contributed by atoms with Crippen LogP contribution in [0.1, 0.15) is 13.3 Å². The van der Waals surface area contributed by atoms with Crippen molar-refractivity contribution < 1.29 is 4.74 Å².